The summed E-state index contributed by atoms with van der Waals surface area (Å²) in [5, 5.41) is 0. The van der Waals surface area contributed by atoms with E-state index in [9.17, 15) is 0 Å². The molecule has 0 radical (unpaired) electrons. The Morgan fingerprint density at radius 3 is 1.17 bits per heavy atom. The van der Waals surface area contributed by atoms with E-state index in [4.69, 9.17) is 34.4 Å². The number of hydrogen-bond acceptors (Lipinski definition) is 2. The topological polar surface area (TPSA) is 6.48 Å². The van der Waals surface area contributed by atoms with Gasteiger partial charge in [0, 0.05) is 26.2 Å². The first-order valence-corrected chi connectivity index (χ1v) is 5.12. The van der Waals surface area contributed by atoms with Crippen LogP contribution >= 0.6 is 34.4 Å². The third-order valence-corrected chi connectivity index (χ3v) is 1.73. The maximum absolute atomic E-state index is 4.81. The van der Waals surface area contributed by atoms with Crippen molar-refractivity contribution in [3.05, 3.63) is 0 Å². The molecule has 0 aromatic rings. The van der Waals surface area contributed by atoms with Gasteiger partial charge in [-0.3, -0.25) is 0 Å². The SMILES string of the molecule is CN1CCN(C)CC1.ClB(Cl)Cl. The average molecular weight is 231 g/mol. The van der Waals surface area contributed by atoms with Crippen molar-refractivity contribution in [2.75, 3.05) is 40.3 Å². The summed E-state index contributed by atoms with van der Waals surface area (Å²) in [5.41, 5.74) is 0. The maximum atomic E-state index is 4.81. The normalized spacial score (nSPS) is 19.8. The lowest BCUT2D eigenvalue weighted by Gasteiger charge is -2.28. The Bertz CT molecular complexity index is 94.2. The number of nitrogens with zero attached hydrogens (tertiary/aromatic N) is 2. The molecule has 0 bridgehead atoms. The van der Waals surface area contributed by atoms with E-state index in [-0.39, 0.29) is 0 Å². The van der Waals surface area contributed by atoms with Crippen LogP contribution < -0.4 is 0 Å². The van der Waals surface area contributed by atoms with Crippen LogP contribution in [0.3, 0.4) is 0 Å². The van der Waals surface area contributed by atoms with Gasteiger partial charge in [0.15, 0.2) is 0 Å². The van der Waals surface area contributed by atoms with E-state index >= 15 is 0 Å². The first-order chi connectivity index (χ1) is 5.52. The molecule has 0 atom stereocenters. The lowest BCUT2D eigenvalue weighted by atomic mass is 10.4. The number of likely N-dealkylation sites (N-methyl/N-ethyl adjacent to an activating group) is 2. The molecule has 0 unspecified atom stereocenters. The summed E-state index contributed by atoms with van der Waals surface area (Å²) in [6, 6.07) is 0. The lowest BCUT2D eigenvalue weighted by Crippen LogP contribution is -2.42. The van der Waals surface area contributed by atoms with E-state index < -0.39 is 4.96 Å². The highest BCUT2D eigenvalue weighted by Gasteiger charge is 2.07. The molecule has 0 N–H and O–H groups in total. The van der Waals surface area contributed by atoms with E-state index in [1.54, 1.807) is 0 Å². The van der Waals surface area contributed by atoms with Gasteiger partial charge in [0.2, 0.25) is 0 Å². The average Bonchev–Trinajstić information content (AvgIpc) is 1.94. The van der Waals surface area contributed by atoms with Gasteiger partial charge in [0.25, 0.3) is 0 Å². The number of rotatable bonds is 0. The van der Waals surface area contributed by atoms with Crippen molar-refractivity contribution in [2.24, 2.45) is 0 Å². The van der Waals surface area contributed by atoms with E-state index in [0.717, 1.165) is 0 Å². The molecule has 1 fully saturated rings. The summed E-state index contributed by atoms with van der Waals surface area (Å²) in [6.45, 7) is 4.93. The molecule has 0 aromatic carbocycles. The Morgan fingerprint density at radius 1 is 0.833 bits per heavy atom. The van der Waals surface area contributed by atoms with Gasteiger partial charge in [0.05, 0.1) is 0 Å². The van der Waals surface area contributed by atoms with Gasteiger partial charge >= 0.3 is 4.96 Å². The highest BCUT2D eigenvalue weighted by molar-refractivity contribution is 7.54. The lowest BCUT2D eigenvalue weighted by molar-refractivity contribution is 0.181. The number of piperazine rings is 1. The summed E-state index contributed by atoms with van der Waals surface area (Å²) >= 11 is 14.4. The van der Waals surface area contributed by atoms with Gasteiger partial charge in [0.1, 0.15) is 0 Å². The van der Waals surface area contributed by atoms with Crippen LogP contribution in [0.25, 0.3) is 0 Å². The Balaban J connectivity index is 0.000000261. The minimum Gasteiger partial charge on any atom is -0.304 e. The van der Waals surface area contributed by atoms with Gasteiger partial charge in [-0.1, -0.05) is 0 Å². The van der Waals surface area contributed by atoms with Crippen molar-refractivity contribution in [3.63, 3.8) is 0 Å². The van der Waals surface area contributed by atoms with E-state index in [0.29, 0.717) is 0 Å². The third-order valence-electron chi connectivity index (χ3n) is 1.73. The van der Waals surface area contributed by atoms with Gasteiger partial charge < -0.3 is 9.80 Å². The molecular formula is C6H14BCl3N2. The first-order valence-electron chi connectivity index (χ1n) is 3.81. The van der Waals surface area contributed by atoms with E-state index in [2.05, 4.69) is 23.9 Å². The Morgan fingerprint density at radius 2 is 1.00 bits per heavy atom. The van der Waals surface area contributed by atoms with Crippen LogP contribution in [0.1, 0.15) is 0 Å². The minimum atomic E-state index is -0.750. The fourth-order valence-electron chi connectivity index (χ4n) is 0.906. The van der Waals surface area contributed by atoms with E-state index in [1.807, 2.05) is 0 Å². The zero-order valence-corrected chi connectivity index (χ0v) is 9.70. The fourth-order valence-corrected chi connectivity index (χ4v) is 0.906. The predicted octanol–water partition coefficient (Wildman–Crippen LogP) is 1.55. The molecule has 72 valence electrons. The zero-order chi connectivity index (χ0) is 9.56. The van der Waals surface area contributed by atoms with Crippen molar-refractivity contribution in [3.8, 4) is 0 Å². The molecule has 0 amide bonds. The molecule has 1 heterocycles. The van der Waals surface area contributed by atoms with Crippen LogP contribution in [-0.4, -0.2) is 55.0 Å². The second-order valence-electron chi connectivity index (χ2n) is 2.85. The fraction of sp³-hybridized carbons (Fsp3) is 1.00. The molecule has 1 saturated heterocycles. The Hall–Kier alpha value is 0.855. The Labute approximate surface area is 89.6 Å². The molecule has 12 heavy (non-hydrogen) atoms. The van der Waals surface area contributed by atoms with Crippen molar-refractivity contribution in [1.29, 1.82) is 0 Å². The largest absolute Gasteiger partial charge is 0.450 e. The molecule has 0 aromatic heterocycles. The van der Waals surface area contributed by atoms with Crippen molar-refractivity contribution in [2.45, 2.75) is 0 Å². The third kappa shape index (κ3) is 8.95. The summed E-state index contributed by atoms with van der Waals surface area (Å²) in [7, 11) is 4.35. The second-order valence-corrected chi connectivity index (χ2v) is 4.83. The maximum Gasteiger partial charge on any atom is 0.450 e. The smallest absolute Gasteiger partial charge is 0.304 e. The molecule has 1 rings (SSSR count). The standard InChI is InChI=1S/C6H14N2.BCl3/c1-7-3-5-8(2)6-4-7;2-1(3)4/h3-6H2,1-2H3;. The van der Waals surface area contributed by atoms with Crippen LogP contribution in [0.15, 0.2) is 0 Å². The van der Waals surface area contributed by atoms with Crippen molar-refractivity contribution >= 4 is 39.3 Å². The van der Waals surface area contributed by atoms with Crippen LogP contribution in [-0.2, 0) is 0 Å². The molecule has 2 nitrogen and oxygen atoms in total. The Kier molecular flexibility index (Phi) is 7.80. The summed E-state index contributed by atoms with van der Waals surface area (Å²) < 4.78 is 0. The molecule has 0 spiro atoms. The summed E-state index contributed by atoms with van der Waals surface area (Å²) in [5.74, 6) is 0. The minimum absolute atomic E-state index is 0.750. The molecule has 1 aliphatic heterocycles. The molecule has 6 heteroatoms. The molecular weight excluding hydrogens is 217 g/mol. The van der Waals surface area contributed by atoms with Gasteiger partial charge in [-0.2, -0.15) is 34.4 Å². The van der Waals surface area contributed by atoms with Crippen LogP contribution in [0.4, 0.5) is 0 Å². The zero-order valence-electron chi connectivity index (χ0n) is 7.43. The predicted molar refractivity (Wildman–Crippen MR) is 58.3 cm³/mol. The second kappa shape index (κ2) is 7.28. The molecule has 0 aliphatic carbocycles. The number of halogens is 3. The monoisotopic (exact) mass is 230 g/mol. The quantitative estimate of drug-likeness (QED) is 0.584. The van der Waals surface area contributed by atoms with Crippen LogP contribution in [0.5, 0.6) is 0 Å². The molecule has 1 aliphatic rings. The van der Waals surface area contributed by atoms with Gasteiger partial charge in [-0.15, -0.1) is 0 Å². The van der Waals surface area contributed by atoms with Crippen LogP contribution in [0.2, 0.25) is 0 Å². The number of hydrogen-bond donors (Lipinski definition) is 0. The van der Waals surface area contributed by atoms with Crippen LogP contribution in [0, 0.1) is 0 Å². The summed E-state index contributed by atoms with van der Waals surface area (Å²) in [6.07, 6.45) is 0. The summed E-state index contributed by atoms with van der Waals surface area (Å²) in [4.78, 5) is 3.97. The van der Waals surface area contributed by atoms with Crippen molar-refractivity contribution in [1.82, 2.24) is 9.80 Å². The highest BCUT2D eigenvalue weighted by atomic mass is 35.6. The highest BCUT2D eigenvalue weighted by Crippen LogP contribution is 1.97. The van der Waals surface area contributed by atoms with E-state index in [1.165, 1.54) is 26.2 Å². The molecule has 0 saturated carbocycles. The van der Waals surface area contributed by atoms with Gasteiger partial charge in [-0.05, 0) is 14.1 Å². The first kappa shape index (κ1) is 12.9. The van der Waals surface area contributed by atoms with Crippen molar-refractivity contribution < 1.29 is 0 Å². The van der Waals surface area contributed by atoms with Gasteiger partial charge in [-0.25, -0.2) is 0 Å².